The van der Waals surface area contributed by atoms with Gasteiger partial charge in [0, 0.05) is 24.7 Å². The van der Waals surface area contributed by atoms with Crippen LogP contribution in [0, 0.1) is 5.92 Å². The normalized spacial score (nSPS) is 26.0. The molecule has 8 heteroatoms. The number of aromatic nitrogens is 1. The van der Waals surface area contributed by atoms with E-state index < -0.39 is 0 Å². The van der Waals surface area contributed by atoms with E-state index in [0.29, 0.717) is 24.2 Å². The van der Waals surface area contributed by atoms with E-state index in [1.165, 1.54) is 24.8 Å². The Bertz CT molecular complexity index is 1110. The van der Waals surface area contributed by atoms with Gasteiger partial charge in [0.25, 0.3) is 0 Å². The molecule has 1 saturated heterocycles. The van der Waals surface area contributed by atoms with Gasteiger partial charge in [-0.3, -0.25) is 9.69 Å². The number of nitrogens with zero attached hydrogens (tertiary/aromatic N) is 4. The van der Waals surface area contributed by atoms with Crippen molar-refractivity contribution in [3.63, 3.8) is 0 Å². The lowest BCUT2D eigenvalue weighted by Gasteiger charge is -2.51. The summed E-state index contributed by atoms with van der Waals surface area (Å²) in [5, 5.41) is 2.83. The Morgan fingerprint density at radius 3 is 2.43 bits per heavy atom. The Morgan fingerprint density at radius 1 is 1.08 bits per heavy atom. The molecule has 3 fully saturated rings. The van der Waals surface area contributed by atoms with Crippen LogP contribution >= 0.6 is 0 Å². The number of ether oxygens (including phenoxy) is 1. The Labute approximate surface area is 220 Å². The minimum atomic E-state index is -0.238. The molecule has 3 amide bonds. The highest BCUT2D eigenvalue weighted by Gasteiger charge is 2.55. The molecule has 5 rings (SSSR count). The highest BCUT2D eigenvalue weighted by atomic mass is 16.5. The van der Waals surface area contributed by atoms with Crippen LogP contribution in [0.15, 0.2) is 48.5 Å². The summed E-state index contributed by atoms with van der Waals surface area (Å²) in [5.74, 6) is 1.20. The molecule has 0 radical (unpaired) electrons. The van der Waals surface area contributed by atoms with Gasteiger partial charge >= 0.3 is 6.03 Å². The number of hydrogen-bond donors (Lipinski definition) is 1. The largest absolute Gasteiger partial charge is 0.481 e. The lowest BCUT2D eigenvalue weighted by Crippen LogP contribution is -2.56. The number of pyridine rings is 1. The predicted octanol–water partition coefficient (Wildman–Crippen LogP) is 4.34. The number of carbonyl (C=O) groups excluding carboxylic acids is 2. The fraction of sp³-hybridized carbons (Fsp3) is 0.552. The molecular formula is C29H39N5O3. The zero-order valence-electron chi connectivity index (χ0n) is 22.3. The standard InChI is InChI=1S/C29H39N5O3/c1-32(2)29(23-11-5-4-6-12-23)17-15-28(16-18-29)21-33(27(36)34(28)19-22-9-7-10-22)20-25(35)30-24-13-8-14-26(31-24)37-3/h4-6,8,11-14,22H,7,9-10,15-21H2,1-3H3,(H,30,31,35)/t28-,29+. The van der Waals surface area contributed by atoms with E-state index in [4.69, 9.17) is 4.74 Å². The molecule has 1 aliphatic heterocycles. The van der Waals surface area contributed by atoms with Crippen LogP contribution in [-0.2, 0) is 10.3 Å². The number of amides is 3. The van der Waals surface area contributed by atoms with Crippen LogP contribution in [-0.4, -0.2) is 78.0 Å². The molecule has 0 bridgehead atoms. The van der Waals surface area contributed by atoms with Gasteiger partial charge in [0.1, 0.15) is 12.4 Å². The topological polar surface area (TPSA) is 78.0 Å². The van der Waals surface area contributed by atoms with Crippen LogP contribution in [0.25, 0.3) is 0 Å². The first kappa shape index (κ1) is 25.5. The van der Waals surface area contributed by atoms with Crippen LogP contribution in [0.4, 0.5) is 10.6 Å². The van der Waals surface area contributed by atoms with Gasteiger partial charge in [-0.15, -0.1) is 0 Å². The summed E-state index contributed by atoms with van der Waals surface area (Å²) in [5.41, 5.74) is 1.07. The Kier molecular flexibility index (Phi) is 7.12. The van der Waals surface area contributed by atoms with Gasteiger partial charge in [-0.05, 0) is 70.2 Å². The maximum Gasteiger partial charge on any atom is 0.321 e. The highest BCUT2D eigenvalue weighted by molar-refractivity contribution is 5.94. The first-order valence-electron chi connectivity index (χ1n) is 13.5. The quantitative estimate of drug-likeness (QED) is 0.578. The van der Waals surface area contributed by atoms with E-state index in [9.17, 15) is 9.59 Å². The van der Waals surface area contributed by atoms with Crippen LogP contribution in [0.2, 0.25) is 0 Å². The van der Waals surface area contributed by atoms with Crippen molar-refractivity contribution >= 4 is 17.8 Å². The molecular weight excluding hydrogens is 466 g/mol. The molecule has 37 heavy (non-hydrogen) atoms. The zero-order chi connectivity index (χ0) is 26.0. The van der Waals surface area contributed by atoms with Crippen molar-refractivity contribution in [1.82, 2.24) is 19.7 Å². The second kappa shape index (κ2) is 10.3. The first-order valence-corrected chi connectivity index (χ1v) is 13.5. The summed E-state index contributed by atoms with van der Waals surface area (Å²) in [6.45, 7) is 1.42. The Balaban J connectivity index is 1.33. The minimum Gasteiger partial charge on any atom is -0.481 e. The molecule has 0 atom stereocenters. The van der Waals surface area contributed by atoms with Crippen LogP contribution < -0.4 is 10.1 Å². The molecule has 1 spiro atoms. The van der Waals surface area contributed by atoms with Crippen molar-refractivity contribution in [2.45, 2.75) is 56.0 Å². The van der Waals surface area contributed by atoms with Gasteiger partial charge in [-0.2, -0.15) is 4.98 Å². The minimum absolute atomic E-state index is 0.00212. The smallest absolute Gasteiger partial charge is 0.321 e. The van der Waals surface area contributed by atoms with Gasteiger partial charge in [-0.1, -0.05) is 42.8 Å². The third kappa shape index (κ3) is 4.91. The van der Waals surface area contributed by atoms with E-state index in [1.54, 1.807) is 30.2 Å². The van der Waals surface area contributed by atoms with Gasteiger partial charge in [0.2, 0.25) is 11.8 Å². The van der Waals surface area contributed by atoms with Crippen molar-refractivity contribution in [2.75, 3.05) is 46.2 Å². The summed E-state index contributed by atoms with van der Waals surface area (Å²) in [6.07, 6.45) is 7.43. The average molecular weight is 506 g/mol. The molecule has 1 aromatic carbocycles. The predicted molar refractivity (Wildman–Crippen MR) is 143 cm³/mol. The number of hydrogen-bond acceptors (Lipinski definition) is 5. The number of anilines is 1. The summed E-state index contributed by atoms with van der Waals surface area (Å²) in [6, 6.07) is 16.0. The van der Waals surface area contributed by atoms with Gasteiger partial charge in [-0.25, -0.2) is 4.79 Å². The number of methoxy groups -OCH3 is 1. The van der Waals surface area contributed by atoms with Crippen molar-refractivity contribution in [1.29, 1.82) is 0 Å². The fourth-order valence-electron chi connectivity index (χ4n) is 6.46. The summed E-state index contributed by atoms with van der Waals surface area (Å²) in [7, 11) is 5.88. The highest BCUT2D eigenvalue weighted by Crippen LogP contribution is 2.49. The molecule has 8 nitrogen and oxygen atoms in total. The second-order valence-electron chi connectivity index (χ2n) is 11.2. The molecule has 2 heterocycles. The first-order chi connectivity index (χ1) is 17.8. The van der Waals surface area contributed by atoms with Crippen LogP contribution in [0.3, 0.4) is 0 Å². The van der Waals surface area contributed by atoms with Crippen molar-refractivity contribution in [2.24, 2.45) is 5.92 Å². The lowest BCUT2D eigenvalue weighted by molar-refractivity contribution is -0.116. The summed E-state index contributed by atoms with van der Waals surface area (Å²) >= 11 is 0. The molecule has 2 aromatic rings. The monoisotopic (exact) mass is 505 g/mol. The van der Waals surface area contributed by atoms with Crippen molar-refractivity contribution in [3.05, 3.63) is 54.1 Å². The number of rotatable bonds is 8. The van der Waals surface area contributed by atoms with E-state index in [0.717, 1.165) is 32.2 Å². The third-order valence-electron chi connectivity index (χ3n) is 8.93. The summed E-state index contributed by atoms with van der Waals surface area (Å²) in [4.78, 5) is 37.2. The number of benzene rings is 1. The molecule has 2 saturated carbocycles. The molecule has 1 N–H and O–H groups in total. The maximum absolute atomic E-state index is 13.7. The average Bonchev–Trinajstić information content (AvgIpc) is 3.12. The van der Waals surface area contributed by atoms with Crippen molar-refractivity contribution < 1.29 is 14.3 Å². The number of carbonyl (C=O) groups is 2. The van der Waals surface area contributed by atoms with E-state index in [1.807, 2.05) is 0 Å². The lowest BCUT2D eigenvalue weighted by atomic mass is 9.68. The molecule has 2 aliphatic carbocycles. The Morgan fingerprint density at radius 2 is 1.81 bits per heavy atom. The van der Waals surface area contributed by atoms with E-state index in [-0.39, 0.29) is 29.6 Å². The zero-order valence-corrected chi connectivity index (χ0v) is 22.3. The molecule has 0 unspecified atom stereocenters. The number of nitrogens with one attached hydrogen (secondary N) is 1. The molecule has 1 aromatic heterocycles. The van der Waals surface area contributed by atoms with E-state index >= 15 is 0 Å². The van der Waals surface area contributed by atoms with Gasteiger partial charge in [0.05, 0.1) is 12.6 Å². The van der Waals surface area contributed by atoms with Gasteiger partial charge < -0.3 is 19.9 Å². The fourth-order valence-corrected chi connectivity index (χ4v) is 6.46. The molecule has 3 aliphatic rings. The van der Waals surface area contributed by atoms with E-state index in [2.05, 4.69) is 64.5 Å². The SMILES string of the molecule is COc1cccc(NC(=O)CN2C[C@]3(CC[C@](c4ccccc4)(N(C)C)CC3)N(CC3CCC3)C2=O)n1. The molecule has 198 valence electrons. The number of urea groups is 1. The second-order valence-corrected chi connectivity index (χ2v) is 11.2. The summed E-state index contributed by atoms with van der Waals surface area (Å²) < 4.78 is 5.16. The Hall–Kier alpha value is -3.13. The third-order valence-corrected chi connectivity index (χ3v) is 8.93. The van der Waals surface area contributed by atoms with Crippen molar-refractivity contribution in [3.8, 4) is 5.88 Å². The van der Waals surface area contributed by atoms with Crippen LogP contribution in [0.1, 0.15) is 50.5 Å². The maximum atomic E-state index is 13.7. The van der Waals surface area contributed by atoms with Crippen LogP contribution in [0.5, 0.6) is 5.88 Å². The van der Waals surface area contributed by atoms with Gasteiger partial charge in [0.15, 0.2) is 0 Å².